The lowest BCUT2D eigenvalue weighted by molar-refractivity contribution is -0.128. The number of H-pyrrole nitrogens is 1. The van der Waals surface area contributed by atoms with Gasteiger partial charge in [-0.1, -0.05) is 5.92 Å². The molecule has 0 bridgehead atoms. The second-order valence-corrected chi connectivity index (χ2v) is 3.84. The third-order valence-electron chi connectivity index (χ3n) is 2.63. The van der Waals surface area contributed by atoms with Gasteiger partial charge in [0.1, 0.15) is 5.65 Å². The average Bonchev–Trinajstić information content (AvgIpc) is 2.73. The zero-order valence-electron chi connectivity index (χ0n) is 9.60. The molecule has 0 aliphatic rings. The van der Waals surface area contributed by atoms with Crippen LogP contribution in [-0.4, -0.2) is 34.4 Å². The Labute approximate surface area is 99.7 Å². The van der Waals surface area contributed by atoms with Crippen molar-refractivity contribution < 1.29 is 4.79 Å². The van der Waals surface area contributed by atoms with Crippen LogP contribution in [0.5, 0.6) is 0 Å². The van der Waals surface area contributed by atoms with Gasteiger partial charge in [0.05, 0.1) is 13.0 Å². The van der Waals surface area contributed by atoms with Gasteiger partial charge in [0, 0.05) is 24.8 Å². The Bertz CT molecular complexity index is 580. The maximum Gasteiger partial charge on any atom is 0.227 e. The lowest BCUT2D eigenvalue weighted by atomic mass is 10.1. The summed E-state index contributed by atoms with van der Waals surface area (Å²) in [7, 11) is 1.70. The van der Waals surface area contributed by atoms with E-state index >= 15 is 0 Å². The SMILES string of the molecule is C#CCN(C)C(=O)Cc1c[nH]c2ncccc12. The molecule has 4 heteroatoms. The smallest absolute Gasteiger partial charge is 0.227 e. The Hall–Kier alpha value is -2.28. The molecule has 4 nitrogen and oxygen atoms in total. The minimum atomic E-state index is 0.00713. The fraction of sp³-hybridized carbons (Fsp3) is 0.231. The van der Waals surface area contributed by atoms with E-state index in [0.717, 1.165) is 16.6 Å². The predicted molar refractivity (Wildman–Crippen MR) is 66.3 cm³/mol. The fourth-order valence-corrected chi connectivity index (χ4v) is 1.68. The van der Waals surface area contributed by atoms with Crippen LogP contribution in [-0.2, 0) is 11.2 Å². The summed E-state index contributed by atoms with van der Waals surface area (Å²) in [6.07, 6.45) is 9.04. The standard InChI is InChI=1S/C13H13N3O/c1-3-7-16(2)12(17)8-10-9-15-13-11(10)5-4-6-14-13/h1,4-6,9H,7-8H2,2H3,(H,14,15). The highest BCUT2D eigenvalue weighted by atomic mass is 16.2. The number of aromatic amines is 1. The summed E-state index contributed by atoms with van der Waals surface area (Å²) < 4.78 is 0. The first kappa shape index (κ1) is 11.2. The molecular formula is C13H13N3O. The molecule has 86 valence electrons. The van der Waals surface area contributed by atoms with Crippen LogP contribution in [0.3, 0.4) is 0 Å². The Kier molecular flexibility index (Phi) is 3.10. The van der Waals surface area contributed by atoms with E-state index in [9.17, 15) is 4.79 Å². The number of carbonyl (C=O) groups excluding carboxylic acids is 1. The van der Waals surface area contributed by atoms with E-state index in [1.807, 2.05) is 18.3 Å². The van der Waals surface area contributed by atoms with E-state index in [1.165, 1.54) is 4.90 Å². The van der Waals surface area contributed by atoms with E-state index in [1.54, 1.807) is 13.2 Å². The van der Waals surface area contributed by atoms with Crippen LogP contribution in [0.2, 0.25) is 0 Å². The van der Waals surface area contributed by atoms with E-state index < -0.39 is 0 Å². The van der Waals surface area contributed by atoms with Crippen LogP contribution >= 0.6 is 0 Å². The highest BCUT2D eigenvalue weighted by molar-refractivity contribution is 5.87. The number of carbonyl (C=O) groups is 1. The van der Waals surface area contributed by atoms with Crippen LogP contribution in [0.25, 0.3) is 11.0 Å². The second-order valence-electron chi connectivity index (χ2n) is 3.84. The van der Waals surface area contributed by atoms with Crippen molar-refractivity contribution in [2.24, 2.45) is 0 Å². The number of hydrogen-bond donors (Lipinski definition) is 1. The molecule has 2 aromatic rings. The highest BCUT2D eigenvalue weighted by Crippen LogP contribution is 2.16. The predicted octanol–water partition coefficient (Wildman–Crippen LogP) is 1.20. The topological polar surface area (TPSA) is 49.0 Å². The van der Waals surface area contributed by atoms with Crippen molar-refractivity contribution in [3.05, 3.63) is 30.1 Å². The Morgan fingerprint density at radius 2 is 2.47 bits per heavy atom. The minimum Gasteiger partial charge on any atom is -0.346 e. The number of amides is 1. The van der Waals surface area contributed by atoms with E-state index in [0.29, 0.717) is 13.0 Å². The van der Waals surface area contributed by atoms with Crippen molar-refractivity contribution in [3.63, 3.8) is 0 Å². The summed E-state index contributed by atoms with van der Waals surface area (Å²) in [5.41, 5.74) is 1.75. The number of nitrogens with zero attached hydrogens (tertiary/aromatic N) is 2. The summed E-state index contributed by atoms with van der Waals surface area (Å²) in [4.78, 5) is 20.6. The lowest BCUT2D eigenvalue weighted by Gasteiger charge is -2.13. The molecule has 0 fully saturated rings. The number of pyridine rings is 1. The van der Waals surface area contributed by atoms with Gasteiger partial charge in [0.15, 0.2) is 0 Å². The Morgan fingerprint density at radius 1 is 1.65 bits per heavy atom. The normalized spacial score (nSPS) is 10.1. The van der Waals surface area contributed by atoms with Crippen LogP contribution < -0.4 is 0 Å². The molecule has 0 unspecified atom stereocenters. The van der Waals surface area contributed by atoms with E-state index in [2.05, 4.69) is 15.9 Å². The highest BCUT2D eigenvalue weighted by Gasteiger charge is 2.11. The van der Waals surface area contributed by atoms with Crippen molar-refractivity contribution in [1.29, 1.82) is 0 Å². The molecule has 0 saturated carbocycles. The lowest BCUT2D eigenvalue weighted by Crippen LogP contribution is -2.28. The van der Waals surface area contributed by atoms with E-state index in [4.69, 9.17) is 6.42 Å². The van der Waals surface area contributed by atoms with Crippen LogP contribution in [0.1, 0.15) is 5.56 Å². The number of terminal acetylenes is 1. The summed E-state index contributed by atoms with van der Waals surface area (Å²) >= 11 is 0. The number of nitrogens with one attached hydrogen (secondary N) is 1. The molecular weight excluding hydrogens is 214 g/mol. The Morgan fingerprint density at radius 3 is 3.24 bits per heavy atom. The van der Waals surface area contributed by atoms with Gasteiger partial charge < -0.3 is 9.88 Å². The molecule has 0 atom stereocenters. The van der Waals surface area contributed by atoms with Gasteiger partial charge in [0.25, 0.3) is 0 Å². The second kappa shape index (κ2) is 4.71. The molecule has 1 amide bonds. The van der Waals surface area contributed by atoms with Gasteiger partial charge in [-0.15, -0.1) is 6.42 Å². The minimum absolute atomic E-state index is 0.00713. The molecule has 0 saturated heterocycles. The van der Waals surface area contributed by atoms with Crippen molar-refractivity contribution in [1.82, 2.24) is 14.9 Å². The maximum absolute atomic E-state index is 11.8. The molecule has 1 N–H and O–H groups in total. The molecule has 0 spiro atoms. The molecule has 2 rings (SSSR count). The summed E-state index contributed by atoms with van der Waals surface area (Å²) in [5, 5.41) is 0.981. The first-order valence-electron chi connectivity index (χ1n) is 5.31. The zero-order chi connectivity index (χ0) is 12.3. The third-order valence-corrected chi connectivity index (χ3v) is 2.63. The number of rotatable bonds is 3. The first-order valence-corrected chi connectivity index (χ1v) is 5.31. The molecule has 0 aromatic carbocycles. The summed E-state index contributed by atoms with van der Waals surface area (Å²) in [6, 6.07) is 3.80. The van der Waals surface area contributed by atoms with Gasteiger partial charge in [-0.2, -0.15) is 0 Å². The van der Waals surface area contributed by atoms with Gasteiger partial charge in [0.2, 0.25) is 5.91 Å². The molecule has 2 aromatic heterocycles. The van der Waals surface area contributed by atoms with Crippen molar-refractivity contribution in [2.75, 3.05) is 13.6 Å². The molecule has 0 radical (unpaired) electrons. The van der Waals surface area contributed by atoms with Gasteiger partial charge in [-0.3, -0.25) is 4.79 Å². The van der Waals surface area contributed by atoms with Crippen molar-refractivity contribution in [2.45, 2.75) is 6.42 Å². The van der Waals surface area contributed by atoms with E-state index in [-0.39, 0.29) is 5.91 Å². The molecule has 17 heavy (non-hydrogen) atoms. The number of fused-ring (bicyclic) bond motifs is 1. The summed E-state index contributed by atoms with van der Waals surface area (Å²) in [6.45, 7) is 0.333. The molecule has 0 aliphatic carbocycles. The Balaban J connectivity index is 2.19. The molecule has 2 heterocycles. The monoisotopic (exact) mass is 227 g/mol. The van der Waals surface area contributed by atoms with Crippen LogP contribution in [0.4, 0.5) is 0 Å². The van der Waals surface area contributed by atoms with Gasteiger partial charge in [-0.05, 0) is 17.7 Å². The largest absolute Gasteiger partial charge is 0.346 e. The zero-order valence-corrected chi connectivity index (χ0v) is 9.60. The third kappa shape index (κ3) is 2.28. The first-order chi connectivity index (χ1) is 8.22. The van der Waals surface area contributed by atoms with Gasteiger partial charge >= 0.3 is 0 Å². The number of hydrogen-bond acceptors (Lipinski definition) is 2. The average molecular weight is 227 g/mol. The number of likely N-dealkylation sites (N-methyl/N-ethyl adjacent to an activating group) is 1. The van der Waals surface area contributed by atoms with Gasteiger partial charge in [-0.25, -0.2) is 4.98 Å². The number of aromatic nitrogens is 2. The maximum atomic E-state index is 11.8. The quantitative estimate of drug-likeness (QED) is 0.801. The van der Waals surface area contributed by atoms with Crippen LogP contribution in [0, 0.1) is 12.3 Å². The summed E-state index contributed by atoms with van der Waals surface area (Å²) in [5.74, 6) is 2.46. The fourth-order valence-electron chi connectivity index (χ4n) is 1.68. The molecule has 0 aliphatic heterocycles. The van der Waals surface area contributed by atoms with Crippen molar-refractivity contribution in [3.8, 4) is 12.3 Å². The van der Waals surface area contributed by atoms with Crippen molar-refractivity contribution >= 4 is 16.9 Å². The van der Waals surface area contributed by atoms with Crippen LogP contribution in [0.15, 0.2) is 24.5 Å².